The lowest BCUT2D eigenvalue weighted by Gasteiger charge is -2.39. The monoisotopic (exact) mass is 483 g/mol. The molecule has 3 rings (SSSR count). The number of piperidine rings is 1. The van der Waals surface area contributed by atoms with Crippen LogP contribution in [0.5, 0.6) is 11.5 Å². The molecule has 10 heteroatoms. The summed E-state index contributed by atoms with van der Waals surface area (Å²) in [6.45, 7) is 8.70. The number of morpholine rings is 1. The van der Waals surface area contributed by atoms with E-state index in [1.54, 1.807) is 6.07 Å². The minimum atomic E-state index is -3.75. The minimum absolute atomic E-state index is 0.0166. The summed E-state index contributed by atoms with van der Waals surface area (Å²) >= 11 is 0. The van der Waals surface area contributed by atoms with Gasteiger partial charge in [-0.1, -0.05) is 0 Å². The van der Waals surface area contributed by atoms with Crippen LogP contribution >= 0.6 is 0 Å². The van der Waals surface area contributed by atoms with E-state index in [4.69, 9.17) is 14.2 Å². The number of likely N-dealkylation sites (tertiary alicyclic amines) is 1. The van der Waals surface area contributed by atoms with Gasteiger partial charge in [-0.2, -0.15) is 0 Å². The summed E-state index contributed by atoms with van der Waals surface area (Å²) in [5, 5.41) is 0. The van der Waals surface area contributed by atoms with Gasteiger partial charge in [0.25, 0.3) is 0 Å². The number of hydrogen-bond acceptors (Lipinski definition) is 7. The number of ether oxygens (including phenoxy) is 3. The first-order valence-corrected chi connectivity index (χ1v) is 13.1. The van der Waals surface area contributed by atoms with Crippen molar-refractivity contribution in [3.63, 3.8) is 0 Å². The Balaban J connectivity index is 1.42. The Labute approximate surface area is 197 Å². The quantitative estimate of drug-likeness (QED) is 0.571. The van der Waals surface area contributed by atoms with E-state index in [0.717, 1.165) is 45.6 Å². The van der Waals surface area contributed by atoms with Crippen molar-refractivity contribution in [3.8, 4) is 11.5 Å². The average molecular weight is 484 g/mol. The molecule has 1 aromatic rings. The molecule has 1 N–H and O–H groups in total. The van der Waals surface area contributed by atoms with Crippen molar-refractivity contribution < 1.29 is 27.4 Å². The van der Waals surface area contributed by atoms with Gasteiger partial charge in [0.05, 0.1) is 31.3 Å². The molecular weight excluding hydrogens is 446 g/mol. The molecule has 0 saturated carbocycles. The van der Waals surface area contributed by atoms with Crippen LogP contribution in [0, 0.1) is 5.92 Å². The summed E-state index contributed by atoms with van der Waals surface area (Å²) in [6, 6.07) is 4.40. The van der Waals surface area contributed by atoms with Crippen molar-refractivity contribution in [2.75, 3.05) is 53.5 Å². The molecule has 2 atom stereocenters. The Hall–Kier alpha value is -1.88. The highest BCUT2D eigenvalue weighted by Gasteiger charge is 2.28. The Morgan fingerprint density at radius 1 is 1.09 bits per heavy atom. The van der Waals surface area contributed by atoms with Gasteiger partial charge in [-0.05, 0) is 44.7 Å². The molecule has 2 unspecified atom stereocenters. The Bertz CT molecular complexity index is 891. The van der Waals surface area contributed by atoms with Gasteiger partial charge in [-0.15, -0.1) is 0 Å². The highest BCUT2D eigenvalue weighted by atomic mass is 32.2. The molecule has 2 saturated heterocycles. The summed E-state index contributed by atoms with van der Waals surface area (Å²) in [7, 11) is -0.812. The first-order chi connectivity index (χ1) is 15.7. The Morgan fingerprint density at radius 2 is 1.73 bits per heavy atom. The zero-order valence-corrected chi connectivity index (χ0v) is 20.9. The van der Waals surface area contributed by atoms with Gasteiger partial charge in [-0.3, -0.25) is 9.69 Å². The average Bonchev–Trinajstić information content (AvgIpc) is 2.78. The first kappa shape index (κ1) is 25.7. The molecule has 0 aliphatic carbocycles. The fraction of sp³-hybridized carbons (Fsp3) is 0.696. The van der Waals surface area contributed by atoms with E-state index >= 15 is 0 Å². The second-order valence-corrected chi connectivity index (χ2v) is 10.7. The fourth-order valence-electron chi connectivity index (χ4n) is 4.68. The maximum absolute atomic E-state index is 12.6. The Morgan fingerprint density at radius 3 is 2.33 bits per heavy atom. The summed E-state index contributed by atoms with van der Waals surface area (Å²) in [5.74, 6) is 1.35. The van der Waals surface area contributed by atoms with E-state index in [9.17, 15) is 13.2 Å². The zero-order valence-electron chi connectivity index (χ0n) is 20.1. The van der Waals surface area contributed by atoms with Crippen LogP contribution in [0.4, 0.5) is 0 Å². The van der Waals surface area contributed by atoms with Gasteiger partial charge in [0.1, 0.15) is 0 Å². The van der Waals surface area contributed by atoms with Gasteiger partial charge in [0.15, 0.2) is 11.5 Å². The third-order valence-corrected chi connectivity index (χ3v) is 7.73. The number of benzene rings is 1. The molecular formula is C23H37N3O6S. The van der Waals surface area contributed by atoms with Gasteiger partial charge in [0.2, 0.25) is 15.9 Å². The van der Waals surface area contributed by atoms with Crippen LogP contribution in [-0.4, -0.2) is 89.8 Å². The molecule has 9 nitrogen and oxygen atoms in total. The van der Waals surface area contributed by atoms with Crippen LogP contribution in [-0.2, 0) is 19.6 Å². The fourth-order valence-corrected chi connectivity index (χ4v) is 5.73. The highest BCUT2D eigenvalue weighted by molar-refractivity contribution is 7.89. The van der Waals surface area contributed by atoms with E-state index in [2.05, 4.69) is 23.5 Å². The second kappa shape index (κ2) is 11.5. The van der Waals surface area contributed by atoms with Crippen LogP contribution in [0.2, 0.25) is 0 Å². The van der Waals surface area contributed by atoms with E-state index < -0.39 is 10.0 Å². The van der Waals surface area contributed by atoms with E-state index in [1.807, 2.05) is 4.90 Å². The number of hydrogen-bond donors (Lipinski definition) is 1. The van der Waals surface area contributed by atoms with Crippen molar-refractivity contribution in [3.05, 3.63) is 18.2 Å². The third-order valence-electron chi connectivity index (χ3n) is 6.28. The first-order valence-electron chi connectivity index (χ1n) is 11.6. The van der Waals surface area contributed by atoms with Gasteiger partial charge >= 0.3 is 0 Å². The largest absolute Gasteiger partial charge is 0.493 e. The number of rotatable bonds is 9. The molecule has 2 aliphatic rings. The molecule has 33 heavy (non-hydrogen) atoms. The number of methoxy groups -OCH3 is 2. The second-order valence-electron chi connectivity index (χ2n) is 8.96. The number of carbonyl (C=O) groups excluding carboxylic acids is 1. The van der Waals surface area contributed by atoms with E-state index in [-0.39, 0.29) is 36.0 Å². The standard InChI is InChI=1S/C23H37N3O6S/c1-17-14-25(15-18(2)32-17)16-19-8-11-26(12-9-19)23(27)7-10-24-33(28,29)20-5-6-21(30-3)22(13-20)31-4/h5-6,13,17-19,24H,7-12,14-16H2,1-4H3. The maximum Gasteiger partial charge on any atom is 0.240 e. The SMILES string of the molecule is COc1ccc(S(=O)(=O)NCCC(=O)N2CCC(CN3CC(C)OC(C)C3)CC2)cc1OC. The molecule has 186 valence electrons. The maximum atomic E-state index is 12.6. The van der Waals surface area contributed by atoms with Gasteiger partial charge < -0.3 is 19.1 Å². The number of carbonyl (C=O) groups is 1. The van der Waals surface area contributed by atoms with Crippen molar-refractivity contribution in [1.82, 2.24) is 14.5 Å². The molecule has 2 heterocycles. The van der Waals surface area contributed by atoms with Gasteiger partial charge in [0, 0.05) is 51.8 Å². The predicted molar refractivity (Wildman–Crippen MR) is 125 cm³/mol. The molecule has 0 bridgehead atoms. The zero-order chi connectivity index (χ0) is 24.0. The van der Waals surface area contributed by atoms with Crippen molar-refractivity contribution >= 4 is 15.9 Å². The minimum Gasteiger partial charge on any atom is -0.493 e. The van der Waals surface area contributed by atoms with Crippen LogP contribution in [0.15, 0.2) is 23.1 Å². The van der Waals surface area contributed by atoms with Crippen LogP contribution in [0.3, 0.4) is 0 Å². The molecule has 1 amide bonds. The predicted octanol–water partition coefficient (Wildman–Crippen LogP) is 1.72. The molecule has 0 spiro atoms. The van der Waals surface area contributed by atoms with Crippen LogP contribution < -0.4 is 14.2 Å². The van der Waals surface area contributed by atoms with E-state index in [0.29, 0.717) is 17.4 Å². The summed E-state index contributed by atoms with van der Waals surface area (Å²) in [4.78, 5) is 17.0. The van der Waals surface area contributed by atoms with Crippen LogP contribution in [0.1, 0.15) is 33.1 Å². The lowest BCUT2D eigenvalue weighted by molar-refractivity contribution is -0.132. The number of nitrogens with one attached hydrogen (secondary N) is 1. The summed E-state index contributed by atoms with van der Waals surface area (Å²) in [6.07, 6.45) is 2.61. The lowest BCUT2D eigenvalue weighted by Crippen LogP contribution is -2.48. The van der Waals surface area contributed by atoms with E-state index in [1.165, 1.54) is 26.4 Å². The van der Waals surface area contributed by atoms with Crippen molar-refractivity contribution in [2.24, 2.45) is 5.92 Å². The highest BCUT2D eigenvalue weighted by Crippen LogP contribution is 2.29. The topological polar surface area (TPSA) is 97.4 Å². The molecule has 0 radical (unpaired) electrons. The number of sulfonamides is 1. The van der Waals surface area contributed by atoms with Crippen LogP contribution in [0.25, 0.3) is 0 Å². The summed E-state index contributed by atoms with van der Waals surface area (Å²) < 4.78 is 43.8. The van der Waals surface area contributed by atoms with Gasteiger partial charge in [-0.25, -0.2) is 13.1 Å². The number of amides is 1. The lowest BCUT2D eigenvalue weighted by atomic mass is 9.95. The molecule has 2 fully saturated rings. The number of nitrogens with zero attached hydrogens (tertiary/aromatic N) is 2. The van der Waals surface area contributed by atoms with Crippen molar-refractivity contribution in [1.29, 1.82) is 0 Å². The molecule has 1 aromatic carbocycles. The molecule has 0 aromatic heterocycles. The third kappa shape index (κ3) is 7.05. The smallest absolute Gasteiger partial charge is 0.240 e. The van der Waals surface area contributed by atoms with Crippen molar-refractivity contribution in [2.45, 2.75) is 50.2 Å². The molecule has 2 aliphatic heterocycles. The normalized spacial score (nSPS) is 22.8. The summed E-state index contributed by atoms with van der Waals surface area (Å²) in [5.41, 5.74) is 0. The Kier molecular flexibility index (Phi) is 8.97.